The van der Waals surface area contributed by atoms with E-state index in [-0.39, 0.29) is 32.7 Å². The third-order valence-electron chi connectivity index (χ3n) is 0. The molecule has 3 heteroatoms. The third-order valence-corrected chi connectivity index (χ3v) is 0. The Balaban J connectivity index is -0.0000000202. The quantitative estimate of drug-likeness (QED) is 0.471. The van der Waals surface area contributed by atoms with Crippen molar-refractivity contribution in [1.29, 1.82) is 0 Å². The Labute approximate surface area is 71.0 Å². The van der Waals surface area contributed by atoms with Crippen LogP contribution in [0.25, 0.3) is 0 Å². The molecule has 0 saturated carbocycles. The molecule has 2 N–H and O–H groups in total. The zero-order valence-electron chi connectivity index (χ0n) is 6.37. The molecule has 0 unspecified atom stereocenters. The maximum Gasteiger partial charge on any atom is 1.00 e. The summed E-state index contributed by atoms with van der Waals surface area (Å²) in [6.07, 6.45) is 0. The van der Waals surface area contributed by atoms with Crippen molar-refractivity contribution in [3.8, 4) is 0 Å². The van der Waals surface area contributed by atoms with E-state index in [0.29, 0.717) is 0 Å². The van der Waals surface area contributed by atoms with E-state index in [2.05, 4.69) is 6.92 Å². The standard InChI is InChI=1S/2C2H6O.C2H5.Ru/c2*1-2-3;1-2;/h2*3H,2H2,1H3;1H2,2H3;/q;;-1;+1. The van der Waals surface area contributed by atoms with Crippen LogP contribution >= 0.6 is 0 Å². The molecular formula is C6H17O2Ru. The Morgan fingerprint density at radius 1 is 1.00 bits per heavy atom. The molecule has 0 spiro atoms. The van der Waals surface area contributed by atoms with Crippen molar-refractivity contribution < 1.29 is 29.7 Å². The van der Waals surface area contributed by atoms with Crippen molar-refractivity contribution in [1.82, 2.24) is 0 Å². The molecule has 1 radical (unpaired) electrons. The third kappa shape index (κ3) is 1240. The van der Waals surface area contributed by atoms with E-state index >= 15 is 0 Å². The topological polar surface area (TPSA) is 40.5 Å². The van der Waals surface area contributed by atoms with Gasteiger partial charge in [0.15, 0.2) is 0 Å². The molecule has 0 atom stereocenters. The van der Waals surface area contributed by atoms with Crippen LogP contribution in [0.1, 0.15) is 20.8 Å². The molecule has 0 saturated heterocycles. The minimum absolute atomic E-state index is 0. The fourth-order valence-electron chi connectivity index (χ4n) is 0. The van der Waals surface area contributed by atoms with Gasteiger partial charge in [0.2, 0.25) is 0 Å². The summed E-state index contributed by atoms with van der Waals surface area (Å²) in [6.45, 7) is 8.86. The molecule has 0 heterocycles. The van der Waals surface area contributed by atoms with Crippen LogP contribution in [-0.4, -0.2) is 23.4 Å². The largest absolute Gasteiger partial charge is 1.00 e. The average molecular weight is 222 g/mol. The summed E-state index contributed by atoms with van der Waals surface area (Å²) in [4.78, 5) is 0. The fraction of sp³-hybridized carbons (Fsp3) is 0.833. The zero-order chi connectivity index (χ0) is 7.41. The number of aliphatic hydroxyl groups excluding tert-OH is 2. The maximum absolute atomic E-state index is 7.57. The summed E-state index contributed by atoms with van der Waals surface area (Å²) < 4.78 is 0. The van der Waals surface area contributed by atoms with Crippen LogP contribution in [0.3, 0.4) is 0 Å². The smallest absolute Gasteiger partial charge is 0.397 e. The van der Waals surface area contributed by atoms with E-state index in [1.165, 1.54) is 0 Å². The van der Waals surface area contributed by atoms with Crippen molar-refractivity contribution in [3.63, 3.8) is 0 Å². The van der Waals surface area contributed by atoms with Crippen LogP contribution in [0.5, 0.6) is 0 Å². The second kappa shape index (κ2) is 75.2. The van der Waals surface area contributed by atoms with Gasteiger partial charge in [0.1, 0.15) is 0 Å². The Hall–Kier alpha value is 0.543. The van der Waals surface area contributed by atoms with Gasteiger partial charge in [-0.1, -0.05) is 0 Å². The second-order valence-corrected chi connectivity index (χ2v) is 0.632. The molecule has 9 heavy (non-hydrogen) atoms. The van der Waals surface area contributed by atoms with Gasteiger partial charge in [-0.15, -0.1) is 0 Å². The molecule has 0 aromatic heterocycles. The van der Waals surface area contributed by atoms with Crippen LogP contribution in [0.15, 0.2) is 0 Å². The Bertz CT molecular complexity index is 13.0. The van der Waals surface area contributed by atoms with Crippen molar-refractivity contribution >= 4 is 0 Å². The summed E-state index contributed by atoms with van der Waals surface area (Å²) in [7, 11) is 0. The van der Waals surface area contributed by atoms with Crippen LogP contribution in [0.4, 0.5) is 0 Å². The zero-order valence-corrected chi connectivity index (χ0v) is 8.11. The van der Waals surface area contributed by atoms with Gasteiger partial charge >= 0.3 is 19.5 Å². The van der Waals surface area contributed by atoms with E-state index in [1.54, 1.807) is 20.8 Å². The molecular weight excluding hydrogens is 205 g/mol. The molecule has 0 rings (SSSR count). The number of aliphatic hydroxyl groups is 2. The SMILES string of the molecule is CCO.CCO.[CH2-]C.[Ru+]. The van der Waals surface area contributed by atoms with Gasteiger partial charge in [0.25, 0.3) is 0 Å². The van der Waals surface area contributed by atoms with Crippen molar-refractivity contribution in [3.05, 3.63) is 6.92 Å². The predicted octanol–water partition coefficient (Wildman–Crippen LogP) is 0.835. The number of hydrogen-bond acceptors (Lipinski definition) is 2. The predicted molar refractivity (Wildman–Crippen MR) is 36.6 cm³/mol. The van der Waals surface area contributed by atoms with Crippen LogP contribution in [0.2, 0.25) is 0 Å². The van der Waals surface area contributed by atoms with E-state index in [1.807, 2.05) is 0 Å². The van der Waals surface area contributed by atoms with E-state index in [4.69, 9.17) is 10.2 Å². The molecule has 61 valence electrons. The minimum atomic E-state index is 0. The van der Waals surface area contributed by atoms with Gasteiger partial charge in [-0.05, 0) is 13.8 Å². The molecule has 2 nitrogen and oxygen atoms in total. The molecule has 0 aliphatic rings. The fourth-order valence-corrected chi connectivity index (χ4v) is 0. The van der Waals surface area contributed by atoms with E-state index in [9.17, 15) is 0 Å². The Kier molecular flexibility index (Phi) is 189. The molecule has 0 amide bonds. The summed E-state index contributed by atoms with van der Waals surface area (Å²) in [5.74, 6) is 0. The van der Waals surface area contributed by atoms with Crippen molar-refractivity contribution in [2.75, 3.05) is 13.2 Å². The first kappa shape index (κ1) is 22.7. The first-order valence-corrected chi connectivity index (χ1v) is 2.75. The summed E-state index contributed by atoms with van der Waals surface area (Å²) in [6, 6.07) is 0. The maximum atomic E-state index is 7.57. The van der Waals surface area contributed by atoms with Crippen LogP contribution in [0, 0.1) is 6.92 Å². The van der Waals surface area contributed by atoms with Gasteiger partial charge in [-0.2, -0.15) is 6.92 Å². The summed E-state index contributed by atoms with van der Waals surface area (Å²) in [5, 5.41) is 15.1. The van der Waals surface area contributed by atoms with Crippen LogP contribution in [-0.2, 0) is 19.5 Å². The minimum Gasteiger partial charge on any atom is -0.397 e. The van der Waals surface area contributed by atoms with Gasteiger partial charge in [0, 0.05) is 13.2 Å². The summed E-state index contributed by atoms with van der Waals surface area (Å²) in [5.41, 5.74) is 0. The van der Waals surface area contributed by atoms with E-state index < -0.39 is 0 Å². The second-order valence-electron chi connectivity index (χ2n) is 0.632. The Morgan fingerprint density at radius 3 is 1.00 bits per heavy atom. The monoisotopic (exact) mass is 223 g/mol. The van der Waals surface area contributed by atoms with Gasteiger partial charge in [-0.25, -0.2) is 0 Å². The molecule has 0 aliphatic carbocycles. The molecule has 0 aromatic rings. The first-order valence-electron chi connectivity index (χ1n) is 2.75. The van der Waals surface area contributed by atoms with Gasteiger partial charge < -0.3 is 17.1 Å². The average Bonchev–Trinajstić information content (AvgIpc) is 1.75. The van der Waals surface area contributed by atoms with Crippen molar-refractivity contribution in [2.45, 2.75) is 20.8 Å². The van der Waals surface area contributed by atoms with Gasteiger partial charge in [0.05, 0.1) is 0 Å². The first-order chi connectivity index (χ1) is 3.83. The van der Waals surface area contributed by atoms with Crippen LogP contribution < -0.4 is 0 Å². The number of hydrogen-bond donors (Lipinski definition) is 2. The normalized spacial score (nSPS) is 4.67. The summed E-state index contributed by atoms with van der Waals surface area (Å²) >= 11 is 0. The molecule has 0 fully saturated rings. The molecule has 0 bridgehead atoms. The molecule has 0 aromatic carbocycles. The Morgan fingerprint density at radius 2 is 1.00 bits per heavy atom. The van der Waals surface area contributed by atoms with Gasteiger partial charge in [-0.3, -0.25) is 0 Å². The van der Waals surface area contributed by atoms with E-state index in [0.717, 1.165) is 0 Å². The molecule has 0 aliphatic heterocycles. The van der Waals surface area contributed by atoms with Crippen molar-refractivity contribution in [2.24, 2.45) is 0 Å². The number of rotatable bonds is 0.